The van der Waals surface area contributed by atoms with E-state index in [4.69, 9.17) is 4.74 Å². The summed E-state index contributed by atoms with van der Waals surface area (Å²) in [6.07, 6.45) is 7.22. The Morgan fingerprint density at radius 1 is 1.26 bits per heavy atom. The van der Waals surface area contributed by atoms with Gasteiger partial charge < -0.3 is 10.1 Å². The van der Waals surface area contributed by atoms with Crippen LogP contribution < -0.4 is 10.1 Å². The van der Waals surface area contributed by atoms with Crippen molar-refractivity contribution in [3.05, 3.63) is 29.8 Å². The van der Waals surface area contributed by atoms with Gasteiger partial charge in [0.25, 0.3) is 0 Å². The second-order valence-corrected chi connectivity index (χ2v) is 6.27. The first-order valence-corrected chi connectivity index (χ1v) is 8.87. The minimum Gasteiger partial charge on any atom is -0.496 e. The number of benzene rings is 1. The molecule has 1 N–H and O–H groups in total. The van der Waals surface area contributed by atoms with Crippen molar-refractivity contribution in [1.29, 1.82) is 0 Å². The van der Waals surface area contributed by atoms with Gasteiger partial charge in [-0.05, 0) is 37.4 Å². The molecule has 4 heteroatoms. The number of nitrogens with zero attached hydrogens (tertiary/aromatic N) is 1. The maximum absolute atomic E-state index is 12.2. The van der Waals surface area contributed by atoms with Gasteiger partial charge in [-0.25, -0.2) is 0 Å². The molecule has 1 saturated carbocycles. The quantitative estimate of drug-likeness (QED) is 0.801. The van der Waals surface area contributed by atoms with Gasteiger partial charge in [0.1, 0.15) is 5.75 Å². The summed E-state index contributed by atoms with van der Waals surface area (Å²) in [4.78, 5) is 14.5. The number of para-hydroxylation sites is 1. The number of hydrogen-bond donors (Lipinski definition) is 1. The Kier molecular flexibility index (Phi) is 7.40. The summed E-state index contributed by atoms with van der Waals surface area (Å²) < 4.78 is 5.34. The van der Waals surface area contributed by atoms with Gasteiger partial charge in [-0.3, -0.25) is 9.69 Å². The molecule has 0 unspecified atom stereocenters. The van der Waals surface area contributed by atoms with Crippen molar-refractivity contribution < 1.29 is 9.53 Å². The summed E-state index contributed by atoms with van der Waals surface area (Å²) in [5.74, 6) is 1.02. The van der Waals surface area contributed by atoms with Gasteiger partial charge in [0.15, 0.2) is 0 Å². The summed E-state index contributed by atoms with van der Waals surface area (Å²) in [7, 11) is 1.68. The van der Waals surface area contributed by atoms with Crippen molar-refractivity contribution in [1.82, 2.24) is 10.2 Å². The molecule has 0 bridgehead atoms. The molecule has 1 aliphatic rings. The predicted molar refractivity (Wildman–Crippen MR) is 93.8 cm³/mol. The molecule has 0 aromatic heterocycles. The Balaban J connectivity index is 1.75. The topological polar surface area (TPSA) is 41.6 Å². The fraction of sp³-hybridized carbons (Fsp3) is 0.632. The van der Waals surface area contributed by atoms with Gasteiger partial charge in [-0.15, -0.1) is 0 Å². The fourth-order valence-corrected chi connectivity index (χ4v) is 3.43. The molecule has 0 atom stereocenters. The van der Waals surface area contributed by atoms with Gasteiger partial charge in [-0.2, -0.15) is 0 Å². The average Bonchev–Trinajstić information content (AvgIpc) is 2.61. The molecule has 2 rings (SSSR count). The second kappa shape index (κ2) is 9.56. The van der Waals surface area contributed by atoms with E-state index >= 15 is 0 Å². The van der Waals surface area contributed by atoms with E-state index in [1.165, 1.54) is 32.1 Å². The highest BCUT2D eigenvalue weighted by molar-refractivity contribution is 5.78. The van der Waals surface area contributed by atoms with Crippen molar-refractivity contribution in [3.8, 4) is 5.75 Å². The largest absolute Gasteiger partial charge is 0.496 e. The molecular weight excluding hydrogens is 288 g/mol. The maximum Gasteiger partial charge on any atom is 0.234 e. The van der Waals surface area contributed by atoms with Crippen LogP contribution in [0, 0.1) is 0 Å². The Labute approximate surface area is 140 Å². The van der Waals surface area contributed by atoms with Crippen molar-refractivity contribution >= 4 is 5.91 Å². The SMILES string of the molecule is CCN(CC(=O)NCCc1ccccc1OC)C1CCCCC1. The number of carbonyl (C=O) groups is 1. The number of likely N-dealkylation sites (N-methyl/N-ethyl adjacent to an activating group) is 1. The number of nitrogens with one attached hydrogen (secondary N) is 1. The second-order valence-electron chi connectivity index (χ2n) is 6.27. The van der Waals surface area contributed by atoms with E-state index in [0.29, 0.717) is 19.1 Å². The van der Waals surface area contributed by atoms with Crippen LogP contribution >= 0.6 is 0 Å². The molecule has 1 aliphatic carbocycles. The molecule has 4 nitrogen and oxygen atoms in total. The fourth-order valence-electron chi connectivity index (χ4n) is 3.43. The number of amides is 1. The van der Waals surface area contributed by atoms with Crippen LogP contribution in [0.2, 0.25) is 0 Å². The molecule has 0 saturated heterocycles. The molecule has 0 heterocycles. The summed E-state index contributed by atoms with van der Waals surface area (Å²) in [5, 5.41) is 3.05. The Morgan fingerprint density at radius 2 is 2.00 bits per heavy atom. The van der Waals surface area contributed by atoms with Crippen LogP contribution in [0.4, 0.5) is 0 Å². The Morgan fingerprint density at radius 3 is 2.70 bits per heavy atom. The molecule has 1 fully saturated rings. The van der Waals surface area contributed by atoms with E-state index in [2.05, 4.69) is 17.1 Å². The first-order valence-electron chi connectivity index (χ1n) is 8.87. The molecular formula is C19H30N2O2. The molecule has 1 aromatic rings. The zero-order valence-corrected chi connectivity index (χ0v) is 14.5. The van der Waals surface area contributed by atoms with Crippen LogP contribution in [-0.2, 0) is 11.2 Å². The van der Waals surface area contributed by atoms with Crippen LogP contribution in [0.25, 0.3) is 0 Å². The number of hydrogen-bond acceptors (Lipinski definition) is 3. The molecule has 1 aromatic carbocycles. The van der Waals surface area contributed by atoms with Crippen molar-refractivity contribution in [3.63, 3.8) is 0 Å². The molecule has 1 amide bonds. The van der Waals surface area contributed by atoms with Gasteiger partial charge in [0, 0.05) is 12.6 Å². The highest BCUT2D eigenvalue weighted by Gasteiger charge is 2.21. The minimum atomic E-state index is 0.132. The Bertz CT molecular complexity index is 484. The highest BCUT2D eigenvalue weighted by atomic mass is 16.5. The third kappa shape index (κ3) is 5.54. The average molecular weight is 318 g/mol. The molecule has 128 valence electrons. The van der Waals surface area contributed by atoms with Crippen LogP contribution in [0.3, 0.4) is 0 Å². The standard InChI is InChI=1S/C19H30N2O2/c1-3-21(17-10-5-4-6-11-17)15-19(22)20-14-13-16-9-7-8-12-18(16)23-2/h7-9,12,17H,3-6,10-11,13-15H2,1-2H3,(H,20,22). The molecule has 0 aliphatic heterocycles. The smallest absolute Gasteiger partial charge is 0.234 e. The Hall–Kier alpha value is -1.55. The number of ether oxygens (including phenoxy) is 1. The van der Waals surface area contributed by atoms with E-state index in [-0.39, 0.29) is 5.91 Å². The first-order chi connectivity index (χ1) is 11.2. The van der Waals surface area contributed by atoms with E-state index in [1.807, 2.05) is 24.3 Å². The van der Waals surface area contributed by atoms with Crippen LogP contribution in [0.15, 0.2) is 24.3 Å². The molecule has 0 radical (unpaired) electrons. The van der Waals surface area contributed by atoms with Gasteiger partial charge in [0.2, 0.25) is 5.91 Å². The third-order valence-corrected chi connectivity index (χ3v) is 4.75. The van der Waals surface area contributed by atoms with Crippen molar-refractivity contribution in [2.24, 2.45) is 0 Å². The lowest BCUT2D eigenvalue weighted by atomic mass is 9.94. The summed E-state index contributed by atoms with van der Waals surface area (Å²) >= 11 is 0. The number of rotatable bonds is 8. The summed E-state index contributed by atoms with van der Waals surface area (Å²) in [5.41, 5.74) is 1.13. The number of methoxy groups -OCH3 is 1. The lowest BCUT2D eigenvalue weighted by Gasteiger charge is -2.32. The van der Waals surface area contributed by atoms with Gasteiger partial charge in [-0.1, -0.05) is 44.4 Å². The zero-order chi connectivity index (χ0) is 16.5. The van der Waals surface area contributed by atoms with E-state index < -0.39 is 0 Å². The molecule has 0 spiro atoms. The zero-order valence-electron chi connectivity index (χ0n) is 14.5. The summed E-state index contributed by atoms with van der Waals surface area (Å²) in [6.45, 7) is 4.27. The highest BCUT2D eigenvalue weighted by Crippen LogP contribution is 2.22. The monoisotopic (exact) mass is 318 g/mol. The van der Waals surface area contributed by atoms with Crippen LogP contribution in [-0.4, -0.2) is 43.6 Å². The molecule has 23 heavy (non-hydrogen) atoms. The number of carbonyl (C=O) groups excluding carboxylic acids is 1. The van der Waals surface area contributed by atoms with Crippen molar-refractivity contribution in [2.45, 2.75) is 51.5 Å². The van der Waals surface area contributed by atoms with Gasteiger partial charge in [0.05, 0.1) is 13.7 Å². The third-order valence-electron chi connectivity index (χ3n) is 4.75. The minimum absolute atomic E-state index is 0.132. The van der Waals surface area contributed by atoms with E-state index in [1.54, 1.807) is 7.11 Å². The van der Waals surface area contributed by atoms with E-state index in [9.17, 15) is 4.79 Å². The van der Waals surface area contributed by atoms with Crippen molar-refractivity contribution in [2.75, 3.05) is 26.7 Å². The normalized spacial score (nSPS) is 15.6. The maximum atomic E-state index is 12.2. The predicted octanol–water partition coefficient (Wildman–Crippen LogP) is 3.01. The first kappa shape index (κ1) is 17.8. The lowest BCUT2D eigenvalue weighted by Crippen LogP contribution is -2.44. The van der Waals surface area contributed by atoms with Crippen LogP contribution in [0.1, 0.15) is 44.6 Å². The summed E-state index contributed by atoms with van der Waals surface area (Å²) in [6, 6.07) is 8.56. The van der Waals surface area contributed by atoms with E-state index in [0.717, 1.165) is 24.3 Å². The van der Waals surface area contributed by atoms with Gasteiger partial charge >= 0.3 is 0 Å². The lowest BCUT2D eigenvalue weighted by molar-refractivity contribution is -0.122. The van der Waals surface area contributed by atoms with Crippen LogP contribution in [0.5, 0.6) is 5.75 Å².